The van der Waals surface area contributed by atoms with Crippen molar-refractivity contribution in [1.82, 2.24) is 15.5 Å². The first-order valence-corrected chi connectivity index (χ1v) is 10.2. The summed E-state index contributed by atoms with van der Waals surface area (Å²) in [6, 6.07) is 8.13. The summed E-state index contributed by atoms with van der Waals surface area (Å²) in [4.78, 5) is 7.08. The lowest BCUT2D eigenvalue weighted by molar-refractivity contribution is -0.0352. The van der Waals surface area contributed by atoms with Crippen LogP contribution >= 0.6 is 0 Å². The molecule has 2 aliphatic rings. The molecule has 0 atom stereocenters. The van der Waals surface area contributed by atoms with Crippen molar-refractivity contribution in [3.8, 4) is 5.75 Å². The standard InChI is InChI=1S/C21H34N4O2/c1-22-20(23-16-18-7-6-8-19(15-18)26-2)24-17-21(9-4-3-5-10-21)25-11-13-27-14-12-25/h6-8,15H,3-5,9-14,16-17H2,1-2H3,(H2,22,23,24). The van der Waals surface area contributed by atoms with E-state index in [1.165, 1.54) is 37.7 Å². The van der Waals surface area contributed by atoms with Crippen LogP contribution in [-0.4, -0.2) is 63.4 Å². The molecule has 1 aliphatic carbocycles. The first-order valence-electron chi connectivity index (χ1n) is 10.2. The molecule has 150 valence electrons. The lowest BCUT2D eigenvalue weighted by Crippen LogP contribution is -2.60. The van der Waals surface area contributed by atoms with Crippen LogP contribution in [0.4, 0.5) is 0 Å². The van der Waals surface area contributed by atoms with Crippen LogP contribution in [0.3, 0.4) is 0 Å². The number of guanidine groups is 1. The van der Waals surface area contributed by atoms with Gasteiger partial charge >= 0.3 is 0 Å². The highest BCUT2D eigenvalue weighted by Gasteiger charge is 2.38. The van der Waals surface area contributed by atoms with Crippen molar-refractivity contribution >= 4 is 5.96 Å². The van der Waals surface area contributed by atoms with E-state index in [4.69, 9.17) is 9.47 Å². The molecular formula is C21H34N4O2. The minimum Gasteiger partial charge on any atom is -0.497 e. The highest BCUT2D eigenvalue weighted by molar-refractivity contribution is 5.79. The van der Waals surface area contributed by atoms with Crippen LogP contribution in [0.1, 0.15) is 37.7 Å². The van der Waals surface area contributed by atoms with E-state index in [-0.39, 0.29) is 5.54 Å². The molecule has 27 heavy (non-hydrogen) atoms. The zero-order valence-corrected chi connectivity index (χ0v) is 16.8. The molecule has 1 saturated carbocycles. The fraction of sp³-hybridized carbons (Fsp3) is 0.667. The maximum absolute atomic E-state index is 5.58. The molecule has 0 unspecified atom stereocenters. The predicted molar refractivity (Wildman–Crippen MR) is 109 cm³/mol. The van der Waals surface area contributed by atoms with Gasteiger partial charge in [0.1, 0.15) is 5.75 Å². The molecule has 0 amide bonds. The molecule has 1 aromatic rings. The van der Waals surface area contributed by atoms with Gasteiger partial charge in [-0.25, -0.2) is 0 Å². The zero-order valence-electron chi connectivity index (χ0n) is 16.8. The normalized spacial score (nSPS) is 20.9. The smallest absolute Gasteiger partial charge is 0.191 e. The molecule has 3 rings (SSSR count). The summed E-state index contributed by atoms with van der Waals surface area (Å²) in [5.41, 5.74) is 1.41. The van der Waals surface area contributed by atoms with Gasteiger partial charge in [-0.3, -0.25) is 9.89 Å². The number of rotatable bonds is 6. The Morgan fingerprint density at radius 3 is 2.67 bits per heavy atom. The number of benzene rings is 1. The van der Waals surface area contributed by atoms with Crippen LogP contribution < -0.4 is 15.4 Å². The van der Waals surface area contributed by atoms with E-state index in [0.717, 1.165) is 51.1 Å². The molecular weight excluding hydrogens is 340 g/mol. The summed E-state index contributed by atoms with van der Waals surface area (Å²) in [5.74, 6) is 1.74. The molecule has 6 heteroatoms. The number of hydrogen-bond acceptors (Lipinski definition) is 4. The third-order valence-electron chi connectivity index (χ3n) is 5.87. The molecule has 6 nitrogen and oxygen atoms in total. The van der Waals surface area contributed by atoms with Gasteiger partial charge in [0.05, 0.1) is 20.3 Å². The van der Waals surface area contributed by atoms with E-state index in [0.29, 0.717) is 0 Å². The second-order valence-electron chi connectivity index (χ2n) is 7.52. The van der Waals surface area contributed by atoms with E-state index < -0.39 is 0 Å². The molecule has 1 aromatic carbocycles. The number of nitrogens with one attached hydrogen (secondary N) is 2. The molecule has 1 heterocycles. The van der Waals surface area contributed by atoms with Crippen LogP contribution in [0.2, 0.25) is 0 Å². The molecule has 0 bridgehead atoms. The SMILES string of the molecule is CN=C(NCc1cccc(OC)c1)NCC1(N2CCOCC2)CCCCC1. The Kier molecular flexibility index (Phi) is 7.35. The monoisotopic (exact) mass is 374 g/mol. The average molecular weight is 375 g/mol. The van der Waals surface area contributed by atoms with Crippen LogP contribution in [0, 0.1) is 0 Å². The van der Waals surface area contributed by atoms with E-state index in [2.05, 4.69) is 32.7 Å². The van der Waals surface area contributed by atoms with Gasteiger partial charge in [0.15, 0.2) is 5.96 Å². The summed E-state index contributed by atoms with van der Waals surface area (Å²) in [6.07, 6.45) is 6.50. The number of ether oxygens (including phenoxy) is 2. The number of methoxy groups -OCH3 is 1. The zero-order chi connectivity index (χ0) is 19.0. The van der Waals surface area contributed by atoms with Crippen molar-refractivity contribution < 1.29 is 9.47 Å². The second kappa shape index (κ2) is 9.95. The Hall–Kier alpha value is -1.79. The highest BCUT2D eigenvalue weighted by atomic mass is 16.5. The molecule has 0 aromatic heterocycles. The van der Waals surface area contributed by atoms with E-state index in [1.807, 2.05) is 19.2 Å². The van der Waals surface area contributed by atoms with E-state index in [9.17, 15) is 0 Å². The lowest BCUT2D eigenvalue weighted by Gasteiger charge is -2.48. The van der Waals surface area contributed by atoms with Crippen molar-refractivity contribution in [3.05, 3.63) is 29.8 Å². The second-order valence-corrected chi connectivity index (χ2v) is 7.52. The van der Waals surface area contributed by atoms with Crippen molar-refractivity contribution in [1.29, 1.82) is 0 Å². The minimum absolute atomic E-state index is 0.232. The quantitative estimate of drug-likeness (QED) is 0.591. The molecule has 2 fully saturated rings. The molecule has 0 radical (unpaired) electrons. The number of nitrogens with zero attached hydrogens (tertiary/aromatic N) is 2. The van der Waals surface area contributed by atoms with Crippen molar-refractivity contribution in [3.63, 3.8) is 0 Å². The average Bonchev–Trinajstić information content (AvgIpc) is 2.75. The Morgan fingerprint density at radius 2 is 1.96 bits per heavy atom. The van der Waals surface area contributed by atoms with Gasteiger partial charge in [0.25, 0.3) is 0 Å². The summed E-state index contributed by atoms with van der Waals surface area (Å²) < 4.78 is 10.9. The molecule has 1 aliphatic heterocycles. The summed E-state index contributed by atoms with van der Waals surface area (Å²) in [5, 5.41) is 7.04. The largest absolute Gasteiger partial charge is 0.497 e. The number of morpholine rings is 1. The van der Waals surface area contributed by atoms with Crippen LogP contribution in [-0.2, 0) is 11.3 Å². The minimum atomic E-state index is 0.232. The Labute approximate surface area is 163 Å². The van der Waals surface area contributed by atoms with E-state index >= 15 is 0 Å². The Morgan fingerprint density at radius 1 is 1.19 bits per heavy atom. The lowest BCUT2D eigenvalue weighted by atomic mass is 9.80. The summed E-state index contributed by atoms with van der Waals surface area (Å²) in [6.45, 7) is 5.44. The van der Waals surface area contributed by atoms with Gasteiger partial charge in [0.2, 0.25) is 0 Å². The third-order valence-corrected chi connectivity index (χ3v) is 5.87. The Balaban J connectivity index is 1.57. The fourth-order valence-corrected chi connectivity index (χ4v) is 4.29. The van der Waals surface area contributed by atoms with Gasteiger partial charge < -0.3 is 20.1 Å². The van der Waals surface area contributed by atoms with Crippen molar-refractivity contribution in [2.45, 2.75) is 44.2 Å². The fourth-order valence-electron chi connectivity index (χ4n) is 4.29. The van der Waals surface area contributed by atoms with Gasteiger partial charge in [-0.05, 0) is 30.5 Å². The number of hydrogen-bond donors (Lipinski definition) is 2. The summed E-state index contributed by atoms with van der Waals surface area (Å²) >= 11 is 0. The van der Waals surface area contributed by atoms with E-state index in [1.54, 1.807) is 7.11 Å². The topological polar surface area (TPSA) is 58.1 Å². The van der Waals surface area contributed by atoms with Gasteiger partial charge in [-0.2, -0.15) is 0 Å². The third kappa shape index (κ3) is 5.36. The van der Waals surface area contributed by atoms with Gasteiger partial charge in [-0.15, -0.1) is 0 Å². The number of aliphatic imine (C=N–C) groups is 1. The Bertz CT molecular complexity index is 608. The first kappa shape index (κ1) is 20.0. The highest BCUT2D eigenvalue weighted by Crippen LogP contribution is 2.33. The molecule has 0 spiro atoms. The van der Waals surface area contributed by atoms with Crippen LogP contribution in [0.25, 0.3) is 0 Å². The van der Waals surface area contributed by atoms with Crippen molar-refractivity contribution in [2.75, 3.05) is 47.0 Å². The predicted octanol–water partition coefficient (Wildman–Crippen LogP) is 2.40. The summed E-state index contributed by atoms with van der Waals surface area (Å²) in [7, 11) is 3.53. The van der Waals surface area contributed by atoms with Crippen molar-refractivity contribution in [2.24, 2.45) is 4.99 Å². The van der Waals surface area contributed by atoms with Gasteiger partial charge in [-0.1, -0.05) is 31.4 Å². The van der Waals surface area contributed by atoms with Gasteiger partial charge in [0, 0.05) is 38.8 Å². The molecule has 2 N–H and O–H groups in total. The maximum atomic E-state index is 5.58. The molecule has 1 saturated heterocycles. The first-order chi connectivity index (χ1) is 13.3. The van der Waals surface area contributed by atoms with Crippen LogP contribution in [0.5, 0.6) is 5.75 Å². The maximum Gasteiger partial charge on any atom is 0.191 e. The van der Waals surface area contributed by atoms with Crippen LogP contribution in [0.15, 0.2) is 29.3 Å².